The molecule has 1 fully saturated rings. The van der Waals surface area contributed by atoms with E-state index in [9.17, 15) is 19.7 Å². The van der Waals surface area contributed by atoms with Crippen LogP contribution < -0.4 is 10.1 Å². The van der Waals surface area contributed by atoms with E-state index in [1.165, 1.54) is 49.4 Å². The lowest BCUT2D eigenvalue weighted by molar-refractivity contribution is -0.385. The summed E-state index contributed by atoms with van der Waals surface area (Å²) < 4.78 is 10.7. The predicted molar refractivity (Wildman–Crippen MR) is 101 cm³/mol. The minimum Gasteiger partial charge on any atom is -0.450 e. The molecule has 0 aliphatic heterocycles. The number of nitrogens with zero attached hydrogens (tertiary/aromatic N) is 1. The summed E-state index contributed by atoms with van der Waals surface area (Å²) in [5.74, 6) is -0.662. The van der Waals surface area contributed by atoms with Crippen molar-refractivity contribution in [3.05, 3.63) is 63.2 Å². The highest BCUT2D eigenvalue weighted by Crippen LogP contribution is 2.33. The molecule has 2 aromatic rings. The van der Waals surface area contributed by atoms with Crippen LogP contribution in [0.5, 0.6) is 11.5 Å². The Hall–Kier alpha value is -3.13. The van der Waals surface area contributed by atoms with Crippen LogP contribution in [0.15, 0.2) is 42.5 Å². The maximum absolute atomic E-state index is 12.2. The van der Waals surface area contributed by atoms with Crippen LogP contribution in [0.25, 0.3) is 0 Å². The maximum Gasteiger partial charge on any atom is 0.338 e. The van der Waals surface area contributed by atoms with E-state index in [4.69, 9.17) is 21.1 Å². The first kappa shape index (κ1) is 19.6. The molecule has 0 aromatic heterocycles. The van der Waals surface area contributed by atoms with Gasteiger partial charge in [0.1, 0.15) is 5.75 Å². The number of carbonyl (C=O) groups excluding carboxylic acids is 2. The number of benzene rings is 2. The molecule has 9 heteroatoms. The number of nitro groups is 1. The van der Waals surface area contributed by atoms with Crippen LogP contribution in [0.4, 0.5) is 5.69 Å². The van der Waals surface area contributed by atoms with E-state index in [0.29, 0.717) is 5.75 Å². The predicted octanol–water partition coefficient (Wildman–Crippen LogP) is 3.86. The monoisotopic (exact) mass is 404 g/mol. The van der Waals surface area contributed by atoms with Gasteiger partial charge in [-0.2, -0.15) is 0 Å². The van der Waals surface area contributed by atoms with Gasteiger partial charge in [-0.25, -0.2) is 4.79 Å². The van der Waals surface area contributed by atoms with Gasteiger partial charge in [0.2, 0.25) is 5.75 Å². The summed E-state index contributed by atoms with van der Waals surface area (Å²) in [5, 5.41) is 14.1. The highest BCUT2D eigenvalue weighted by molar-refractivity contribution is 6.30. The van der Waals surface area contributed by atoms with E-state index in [0.717, 1.165) is 12.8 Å². The molecule has 1 atom stereocenters. The second kappa shape index (κ2) is 8.26. The topological polar surface area (TPSA) is 108 Å². The molecule has 0 radical (unpaired) electrons. The van der Waals surface area contributed by atoms with Crippen molar-refractivity contribution >= 4 is 29.2 Å². The largest absolute Gasteiger partial charge is 0.450 e. The molecular weight excluding hydrogens is 388 g/mol. The van der Waals surface area contributed by atoms with Gasteiger partial charge in [0.15, 0.2) is 6.10 Å². The third kappa shape index (κ3) is 4.98. The molecule has 8 nitrogen and oxygen atoms in total. The number of amides is 1. The smallest absolute Gasteiger partial charge is 0.338 e. The number of esters is 1. The van der Waals surface area contributed by atoms with E-state index in [1.54, 1.807) is 0 Å². The van der Waals surface area contributed by atoms with E-state index in [1.807, 2.05) is 0 Å². The number of rotatable bonds is 7. The van der Waals surface area contributed by atoms with Crippen molar-refractivity contribution in [3.63, 3.8) is 0 Å². The standard InChI is InChI=1S/C19H17ClN2O6/c1-11(18(23)21-14-5-6-14)27-19(24)12-2-7-15(8-3-12)28-17-9-4-13(20)10-16(17)22(25)26/h2-4,7-11,14H,5-6H2,1H3,(H,21,23)/t11-/m0/s1. The average molecular weight is 405 g/mol. The minimum absolute atomic E-state index is 0.0232. The minimum atomic E-state index is -0.902. The number of carbonyl (C=O) groups is 2. The van der Waals surface area contributed by atoms with Crippen LogP contribution in [0.1, 0.15) is 30.1 Å². The summed E-state index contributed by atoms with van der Waals surface area (Å²) in [6.45, 7) is 1.51. The Morgan fingerprint density at radius 2 is 1.89 bits per heavy atom. The van der Waals surface area contributed by atoms with E-state index in [2.05, 4.69) is 5.32 Å². The van der Waals surface area contributed by atoms with Gasteiger partial charge in [-0.05, 0) is 56.2 Å². The van der Waals surface area contributed by atoms with Crippen LogP contribution in [-0.2, 0) is 9.53 Å². The van der Waals surface area contributed by atoms with Crippen LogP contribution >= 0.6 is 11.6 Å². The van der Waals surface area contributed by atoms with Crippen molar-refractivity contribution in [2.24, 2.45) is 0 Å². The normalized spacial score (nSPS) is 14.1. The average Bonchev–Trinajstić information content (AvgIpc) is 3.47. The summed E-state index contributed by atoms with van der Waals surface area (Å²) in [5.41, 5.74) is -0.0458. The van der Waals surface area contributed by atoms with Crippen molar-refractivity contribution in [1.29, 1.82) is 0 Å². The Balaban J connectivity index is 1.64. The van der Waals surface area contributed by atoms with Crippen molar-refractivity contribution in [2.45, 2.75) is 31.9 Å². The van der Waals surface area contributed by atoms with Gasteiger partial charge < -0.3 is 14.8 Å². The molecule has 1 aliphatic rings. The summed E-state index contributed by atoms with van der Waals surface area (Å²) in [6, 6.07) is 10.1. The summed E-state index contributed by atoms with van der Waals surface area (Å²) in [7, 11) is 0. The first-order chi connectivity index (χ1) is 13.3. The molecule has 1 aliphatic carbocycles. The number of ether oxygens (including phenoxy) is 2. The molecule has 146 valence electrons. The number of hydrogen-bond donors (Lipinski definition) is 1. The van der Waals surface area contributed by atoms with Crippen molar-refractivity contribution in [1.82, 2.24) is 5.32 Å². The summed E-state index contributed by atoms with van der Waals surface area (Å²) in [4.78, 5) is 34.5. The van der Waals surface area contributed by atoms with Gasteiger partial charge in [0.05, 0.1) is 10.5 Å². The van der Waals surface area contributed by atoms with Crippen LogP contribution in [-0.4, -0.2) is 28.9 Å². The van der Waals surface area contributed by atoms with Crippen LogP contribution in [0.2, 0.25) is 5.02 Å². The number of nitro benzene ring substituents is 1. The quantitative estimate of drug-likeness (QED) is 0.426. The molecule has 0 saturated heterocycles. The Kier molecular flexibility index (Phi) is 5.79. The molecule has 0 heterocycles. The lowest BCUT2D eigenvalue weighted by Crippen LogP contribution is -2.37. The molecule has 1 saturated carbocycles. The van der Waals surface area contributed by atoms with Crippen molar-refractivity contribution in [2.75, 3.05) is 0 Å². The first-order valence-electron chi connectivity index (χ1n) is 8.56. The summed E-state index contributed by atoms with van der Waals surface area (Å²) in [6.07, 6.45) is 0.986. The zero-order valence-electron chi connectivity index (χ0n) is 14.9. The van der Waals surface area contributed by atoms with E-state index >= 15 is 0 Å². The van der Waals surface area contributed by atoms with E-state index in [-0.39, 0.29) is 34.0 Å². The fourth-order valence-electron chi connectivity index (χ4n) is 2.33. The SMILES string of the molecule is C[C@H](OC(=O)c1ccc(Oc2ccc(Cl)cc2[N+](=O)[O-])cc1)C(=O)NC1CC1. The fourth-order valence-corrected chi connectivity index (χ4v) is 2.50. The van der Waals surface area contributed by atoms with Gasteiger partial charge in [-0.3, -0.25) is 14.9 Å². The second-order valence-corrected chi connectivity index (χ2v) is 6.76. The second-order valence-electron chi connectivity index (χ2n) is 6.33. The van der Waals surface area contributed by atoms with Crippen LogP contribution in [0, 0.1) is 10.1 Å². The maximum atomic E-state index is 12.2. The number of nitrogens with one attached hydrogen (secondary N) is 1. The molecule has 28 heavy (non-hydrogen) atoms. The molecule has 1 amide bonds. The van der Waals surface area contributed by atoms with Crippen molar-refractivity contribution in [3.8, 4) is 11.5 Å². The number of hydrogen-bond acceptors (Lipinski definition) is 6. The number of halogens is 1. The molecule has 3 rings (SSSR count). The third-order valence-electron chi connectivity index (χ3n) is 4.01. The highest BCUT2D eigenvalue weighted by Gasteiger charge is 2.27. The summed E-state index contributed by atoms with van der Waals surface area (Å²) >= 11 is 5.77. The third-order valence-corrected chi connectivity index (χ3v) is 4.25. The zero-order chi connectivity index (χ0) is 20.3. The lowest BCUT2D eigenvalue weighted by atomic mass is 10.2. The zero-order valence-corrected chi connectivity index (χ0v) is 15.6. The Morgan fingerprint density at radius 1 is 1.21 bits per heavy atom. The van der Waals surface area contributed by atoms with Gasteiger partial charge in [0.25, 0.3) is 5.91 Å². The Bertz CT molecular complexity index is 911. The molecule has 1 N–H and O–H groups in total. The van der Waals surface area contributed by atoms with E-state index < -0.39 is 17.0 Å². The molecule has 0 unspecified atom stereocenters. The Labute approximate surface area is 165 Å². The molecular formula is C19H17ClN2O6. The molecule has 0 bridgehead atoms. The lowest BCUT2D eigenvalue weighted by Gasteiger charge is -2.13. The van der Waals surface area contributed by atoms with Gasteiger partial charge in [-0.1, -0.05) is 11.6 Å². The highest BCUT2D eigenvalue weighted by atomic mass is 35.5. The van der Waals surface area contributed by atoms with Gasteiger partial charge in [-0.15, -0.1) is 0 Å². The van der Waals surface area contributed by atoms with Crippen molar-refractivity contribution < 1.29 is 24.0 Å². The van der Waals surface area contributed by atoms with Gasteiger partial charge >= 0.3 is 11.7 Å². The molecule has 2 aromatic carbocycles. The fraction of sp³-hybridized carbons (Fsp3) is 0.263. The molecule has 0 spiro atoms. The Morgan fingerprint density at radius 3 is 2.50 bits per heavy atom. The van der Waals surface area contributed by atoms with Crippen LogP contribution in [0.3, 0.4) is 0 Å². The van der Waals surface area contributed by atoms with Gasteiger partial charge in [0, 0.05) is 17.1 Å². The first-order valence-corrected chi connectivity index (χ1v) is 8.94.